The van der Waals surface area contributed by atoms with Gasteiger partial charge in [0.15, 0.2) is 0 Å². The van der Waals surface area contributed by atoms with E-state index in [1.165, 1.54) is 6.07 Å². The summed E-state index contributed by atoms with van der Waals surface area (Å²) in [5, 5.41) is 12.0. The average molecular weight is 264 g/mol. The fourth-order valence-corrected chi connectivity index (χ4v) is 1.70. The Morgan fingerprint density at radius 2 is 2.21 bits per heavy atom. The number of hydrogen-bond donors (Lipinski definition) is 2. The van der Waals surface area contributed by atoms with Gasteiger partial charge in [-0.15, -0.1) is 0 Å². The summed E-state index contributed by atoms with van der Waals surface area (Å²) < 4.78 is 10.6. The van der Waals surface area contributed by atoms with Gasteiger partial charge in [-0.2, -0.15) is 0 Å². The molecule has 0 atom stereocenters. The molecule has 0 saturated carbocycles. The Kier molecular flexibility index (Phi) is 4.01. The molecule has 0 aromatic carbocycles. The average Bonchev–Trinajstić information content (AvgIpc) is 2.97. The van der Waals surface area contributed by atoms with E-state index in [4.69, 9.17) is 13.9 Å². The van der Waals surface area contributed by atoms with Crippen LogP contribution in [0.15, 0.2) is 21.1 Å². The van der Waals surface area contributed by atoms with Crippen molar-refractivity contribution in [2.45, 2.75) is 33.4 Å². The molecule has 2 aromatic rings. The number of carboxylic acid groups (broad SMARTS) is 1. The molecule has 102 valence electrons. The highest BCUT2D eigenvalue weighted by atomic mass is 16.4. The highest BCUT2D eigenvalue weighted by molar-refractivity contribution is 5.84. The van der Waals surface area contributed by atoms with Crippen LogP contribution in [-0.4, -0.2) is 16.1 Å². The van der Waals surface area contributed by atoms with Gasteiger partial charge in [-0.3, -0.25) is 0 Å². The van der Waals surface area contributed by atoms with Crippen molar-refractivity contribution in [3.63, 3.8) is 0 Å². The molecule has 0 amide bonds. The summed E-state index contributed by atoms with van der Waals surface area (Å²) >= 11 is 0. The van der Waals surface area contributed by atoms with Crippen LogP contribution in [0.25, 0.3) is 0 Å². The molecule has 0 saturated heterocycles. The van der Waals surface area contributed by atoms with E-state index in [1.54, 1.807) is 13.1 Å². The SMILES string of the molecule is CCc1cnc(CNCc2cc(C(=O)O)oc2C)o1. The molecule has 2 rings (SSSR count). The van der Waals surface area contributed by atoms with Crippen molar-refractivity contribution < 1.29 is 18.7 Å². The lowest BCUT2D eigenvalue weighted by Gasteiger charge is -2.00. The number of aromatic nitrogens is 1. The molecule has 0 aliphatic rings. The van der Waals surface area contributed by atoms with Gasteiger partial charge in [-0.1, -0.05) is 6.92 Å². The lowest BCUT2D eigenvalue weighted by atomic mass is 10.2. The van der Waals surface area contributed by atoms with Crippen molar-refractivity contribution in [2.24, 2.45) is 0 Å². The summed E-state index contributed by atoms with van der Waals surface area (Å²) in [6.45, 7) is 4.74. The van der Waals surface area contributed by atoms with Gasteiger partial charge in [0.2, 0.25) is 11.7 Å². The number of hydrogen-bond acceptors (Lipinski definition) is 5. The zero-order valence-electron chi connectivity index (χ0n) is 10.9. The molecule has 6 nitrogen and oxygen atoms in total. The minimum absolute atomic E-state index is 0.0429. The van der Waals surface area contributed by atoms with Crippen LogP contribution >= 0.6 is 0 Å². The normalized spacial score (nSPS) is 10.8. The zero-order chi connectivity index (χ0) is 13.8. The van der Waals surface area contributed by atoms with E-state index >= 15 is 0 Å². The second-order valence-corrected chi connectivity index (χ2v) is 4.17. The van der Waals surface area contributed by atoms with Crippen LogP contribution in [0.1, 0.15) is 40.5 Å². The number of rotatable bonds is 6. The fourth-order valence-electron chi connectivity index (χ4n) is 1.70. The van der Waals surface area contributed by atoms with Crippen molar-refractivity contribution >= 4 is 5.97 Å². The van der Waals surface area contributed by atoms with E-state index in [0.717, 1.165) is 17.7 Å². The first-order chi connectivity index (χ1) is 9.10. The first-order valence-electron chi connectivity index (χ1n) is 6.07. The van der Waals surface area contributed by atoms with Crippen molar-refractivity contribution in [2.75, 3.05) is 0 Å². The standard InChI is InChI=1S/C13H16N2O4/c1-3-10-6-15-12(19-10)7-14-5-9-4-11(13(16)17)18-8(9)2/h4,6,14H,3,5,7H2,1-2H3,(H,16,17). The summed E-state index contributed by atoms with van der Waals surface area (Å²) in [5.41, 5.74) is 0.819. The smallest absolute Gasteiger partial charge is 0.371 e. The number of oxazole rings is 1. The second-order valence-electron chi connectivity index (χ2n) is 4.17. The molecule has 2 N–H and O–H groups in total. The van der Waals surface area contributed by atoms with Gasteiger partial charge in [0.05, 0.1) is 12.7 Å². The van der Waals surface area contributed by atoms with E-state index < -0.39 is 5.97 Å². The Balaban J connectivity index is 1.90. The molecule has 0 spiro atoms. The van der Waals surface area contributed by atoms with E-state index in [9.17, 15) is 4.79 Å². The van der Waals surface area contributed by atoms with Crippen molar-refractivity contribution in [3.05, 3.63) is 41.0 Å². The Labute approximate surface area is 110 Å². The van der Waals surface area contributed by atoms with Gasteiger partial charge < -0.3 is 19.3 Å². The van der Waals surface area contributed by atoms with E-state index in [-0.39, 0.29) is 5.76 Å². The third kappa shape index (κ3) is 3.23. The number of aryl methyl sites for hydroxylation is 2. The first-order valence-corrected chi connectivity index (χ1v) is 6.07. The second kappa shape index (κ2) is 5.71. The topological polar surface area (TPSA) is 88.5 Å². The molecule has 6 heteroatoms. The van der Waals surface area contributed by atoms with Crippen molar-refractivity contribution in [1.29, 1.82) is 0 Å². The van der Waals surface area contributed by atoms with Crippen LogP contribution in [0, 0.1) is 6.92 Å². The molecule has 0 unspecified atom stereocenters. The van der Waals surface area contributed by atoms with E-state index in [0.29, 0.717) is 24.7 Å². The summed E-state index contributed by atoms with van der Waals surface area (Å²) in [5.74, 6) is 0.973. The monoisotopic (exact) mass is 264 g/mol. The molecular weight excluding hydrogens is 248 g/mol. The maximum Gasteiger partial charge on any atom is 0.371 e. The molecule has 0 fully saturated rings. The Morgan fingerprint density at radius 3 is 2.79 bits per heavy atom. The van der Waals surface area contributed by atoms with Crippen molar-refractivity contribution in [3.8, 4) is 0 Å². The van der Waals surface area contributed by atoms with Gasteiger partial charge in [-0.05, 0) is 13.0 Å². The van der Waals surface area contributed by atoms with Crippen LogP contribution < -0.4 is 5.32 Å². The first kappa shape index (κ1) is 13.4. The number of nitrogens with one attached hydrogen (secondary N) is 1. The predicted molar refractivity (Wildman–Crippen MR) is 66.8 cm³/mol. The van der Waals surface area contributed by atoms with Crippen LogP contribution in [0.5, 0.6) is 0 Å². The van der Waals surface area contributed by atoms with Crippen LogP contribution in [0.4, 0.5) is 0 Å². The Bertz CT molecular complexity index is 571. The quantitative estimate of drug-likeness (QED) is 0.830. The largest absolute Gasteiger partial charge is 0.475 e. The molecule has 0 aliphatic heterocycles. The Morgan fingerprint density at radius 1 is 1.42 bits per heavy atom. The van der Waals surface area contributed by atoms with E-state index in [1.807, 2.05) is 6.92 Å². The minimum atomic E-state index is -1.06. The Hall–Kier alpha value is -2.08. The molecule has 19 heavy (non-hydrogen) atoms. The summed E-state index contributed by atoms with van der Waals surface area (Å²) in [4.78, 5) is 14.9. The fraction of sp³-hybridized carbons (Fsp3) is 0.385. The lowest BCUT2D eigenvalue weighted by molar-refractivity contribution is 0.0661. The highest BCUT2D eigenvalue weighted by Gasteiger charge is 2.12. The number of nitrogens with zero attached hydrogens (tertiary/aromatic N) is 1. The van der Waals surface area contributed by atoms with Crippen LogP contribution in [0.3, 0.4) is 0 Å². The molecule has 0 bridgehead atoms. The van der Waals surface area contributed by atoms with Gasteiger partial charge in [-0.25, -0.2) is 9.78 Å². The molecular formula is C13H16N2O4. The zero-order valence-corrected chi connectivity index (χ0v) is 10.9. The maximum atomic E-state index is 10.8. The highest BCUT2D eigenvalue weighted by Crippen LogP contribution is 2.14. The number of carboxylic acids is 1. The third-order valence-corrected chi connectivity index (χ3v) is 2.77. The maximum absolute atomic E-state index is 10.8. The van der Waals surface area contributed by atoms with Gasteiger partial charge >= 0.3 is 5.97 Å². The van der Waals surface area contributed by atoms with Crippen LogP contribution in [0.2, 0.25) is 0 Å². The number of aromatic carboxylic acids is 1. The summed E-state index contributed by atoms with van der Waals surface area (Å²) in [7, 11) is 0. The van der Waals surface area contributed by atoms with E-state index in [2.05, 4.69) is 10.3 Å². The molecule has 0 radical (unpaired) electrons. The lowest BCUT2D eigenvalue weighted by Crippen LogP contribution is -2.13. The number of furan rings is 1. The minimum Gasteiger partial charge on any atom is -0.475 e. The molecule has 0 aliphatic carbocycles. The van der Waals surface area contributed by atoms with Gasteiger partial charge in [0, 0.05) is 18.5 Å². The summed E-state index contributed by atoms with van der Waals surface area (Å²) in [6.07, 6.45) is 2.53. The summed E-state index contributed by atoms with van der Waals surface area (Å²) in [6, 6.07) is 1.53. The van der Waals surface area contributed by atoms with Gasteiger partial charge in [0.1, 0.15) is 11.5 Å². The van der Waals surface area contributed by atoms with Gasteiger partial charge in [0.25, 0.3) is 0 Å². The third-order valence-electron chi connectivity index (χ3n) is 2.77. The molecule has 2 heterocycles. The van der Waals surface area contributed by atoms with Crippen molar-refractivity contribution in [1.82, 2.24) is 10.3 Å². The predicted octanol–water partition coefficient (Wildman–Crippen LogP) is 2.13. The number of carbonyl (C=O) groups is 1. The molecule has 2 aromatic heterocycles. The van der Waals surface area contributed by atoms with Crippen LogP contribution in [-0.2, 0) is 19.5 Å².